The molecule has 0 aliphatic carbocycles. The van der Waals surface area contributed by atoms with Crippen molar-refractivity contribution >= 4 is 5.78 Å². The molecule has 0 atom stereocenters. The van der Waals surface area contributed by atoms with Gasteiger partial charge >= 0.3 is 0 Å². The lowest BCUT2D eigenvalue weighted by molar-refractivity contribution is -0.116. The van der Waals surface area contributed by atoms with Crippen LogP contribution in [0.1, 0.15) is 19.8 Å². The van der Waals surface area contributed by atoms with Crippen molar-refractivity contribution < 1.29 is 4.79 Å². The maximum atomic E-state index is 10.8. The fraction of sp³-hybridized carbons (Fsp3) is 0.667. The maximum Gasteiger partial charge on any atom is 0.148 e. The first kappa shape index (κ1) is 8.47. The van der Waals surface area contributed by atoms with Crippen LogP contribution in [0.3, 0.4) is 0 Å². The summed E-state index contributed by atoms with van der Waals surface area (Å²) in [6, 6.07) is 0. The Morgan fingerprint density at radius 3 is 3.00 bits per heavy atom. The second kappa shape index (κ2) is 4.29. The minimum absolute atomic E-state index is 0.394. The van der Waals surface area contributed by atoms with Gasteiger partial charge in [0.05, 0.1) is 6.54 Å². The Morgan fingerprint density at radius 1 is 1.64 bits per heavy atom. The van der Waals surface area contributed by atoms with E-state index >= 15 is 0 Å². The van der Waals surface area contributed by atoms with Gasteiger partial charge in [0.25, 0.3) is 0 Å². The predicted octanol–water partition coefficient (Wildman–Crippen LogP) is 1.23. The summed E-state index contributed by atoms with van der Waals surface area (Å²) in [5, 5.41) is 0. The highest BCUT2D eigenvalue weighted by Crippen LogP contribution is 2.04. The monoisotopic (exact) mass is 153 g/mol. The van der Waals surface area contributed by atoms with Crippen LogP contribution in [0.2, 0.25) is 0 Å². The summed E-state index contributed by atoms with van der Waals surface area (Å²) in [4.78, 5) is 13.0. The van der Waals surface area contributed by atoms with Crippen LogP contribution in [0.15, 0.2) is 12.2 Å². The highest BCUT2D eigenvalue weighted by molar-refractivity contribution is 5.82. The Balaban J connectivity index is 2.13. The molecule has 11 heavy (non-hydrogen) atoms. The van der Waals surface area contributed by atoms with Gasteiger partial charge in [-0.15, -0.1) is 0 Å². The lowest BCUT2D eigenvalue weighted by Crippen LogP contribution is -2.21. The number of nitrogens with zero attached hydrogens (tertiary/aromatic N) is 1. The van der Waals surface area contributed by atoms with E-state index in [4.69, 9.17) is 0 Å². The molecule has 1 aliphatic rings. The van der Waals surface area contributed by atoms with E-state index in [1.807, 2.05) is 6.92 Å². The van der Waals surface area contributed by atoms with Crippen molar-refractivity contribution in [1.82, 2.24) is 4.90 Å². The highest BCUT2D eigenvalue weighted by Gasteiger charge is 2.17. The van der Waals surface area contributed by atoms with Crippen molar-refractivity contribution in [2.24, 2.45) is 0 Å². The number of likely N-dealkylation sites (tertiary alicyclic amines) is 1. The molecule has 0 unspecified atom stereocenters. The first-order valence-electron chi connectivity index (χ1n) is 4.18. The Labute approximate surface area is 67.9 Å². The number of hydrogen-bond acceptors (Lipinski definition) is 2. The molecule has 2 nitrogen and oxygen atoms in total. The molecule has 0 radical (unpaired) electrons. The van der Waals surface area contributed by atoms with E-state index < -0.39 is 0 Å². The zero-order valence-electron chi connectivity index (χ0n) is 7.05. The number of allylic oxidation sites excluding steroid dienone is 1. The molecular formula is C9H15NO. The molecule has 1 saturated heterocycles. The molecule has 0 aromatic heterocycles. The first-order valence-corrected chi connectivity index (χ1v) is 4.18. The fourth-order valence-corrected chi connectivity index (χ4v) is 1.30. The van der Waals surface area contributed by atoms with E-state index in [9.17, 15) is 4.79 Å². The molecule has 2 heteroatoms. The highest BCUT2D eigenvalue weighted by atomic mass is 16.1. The number of carbonyl (C=O) groups excluding carboxylic acids is 1. The largest absolute Gasteiger partial charge is 0.298 e. The molecule has 1 aliphatic heterocycles. The van der Waals surface area contributed by atoms with Crippen molar-refractivity contribution in [1.29, 1.82) is 0 Å². The van der Waals surface area contributed by atoms with Crippen LogP contribution in [0, 0.1) is 0 Å². The fourth-order valence-electron chi connectivity index (χ4n) is 1.30. The van der Waals surface area contributed by atoms with Gasteiger partial charge in [-0.3, -0.25) is 9.69 Å². The molecule has 0 amide bonds. The second-order valence-corrected chi connectivity index (χ2v) is 2.92. The van der Waals surface area contributed by atoms with Crippen LogP contribution in [0.4, 0.5) is 0 Å². The standard InChI is InChI=1S/C9H15NO/c1-2-3-4-6-10-7-5-9(11)8-10/h2-3H,4-8H2,1H3/b3-2+. The Bertz CT molecular complexity index is 163. The maximum absolute atomic E-state index is 10.8. The minimum Gasteiger partial charge on any atom is -0.298 e. The van der Waals surface area contributed by atoms with Gasteiger partial charge in [-0.2, -0.15) is 0 Å². The van der Waals surface area contributed by atoms with Crippen LogP contribution in [-0.4, -0.2) is 30.3 Å². The summed E-state index contributed by atoms with van der Waals surface area (Å²) < 4.78 is 0. The number of carbonyl (C=O) groups is 1. The van der Waals surface area contributed by atoms with Gasteiger partial charge in [-0.25, -0.2) is 0 Å². The van der Waals surface area contributed by atoms with Gasteiger partial charge in [-0.1, -0.05) is 12.2 Å². The van der Waals surface area contributed by atoms with Gasteiger partial charge in [0, 0.05) is 19.5 Å². The van der Waals surface area contributed by atoms with Crippen molar-refractivity contribution in [2.75, 3.05) is 19.6 Å². The van der Waals surface area contributed by atoms with E-state index in [2.05, 4.69) is 17.1 Å². The molecule has 0 spiro atoms. The number of Topliss-reactive ketones (excluding diaryl/α,β-unsaturated/α-hetero) is 1. The van der Waals surface area contributed by atoms with Crippen molar-refractivity contribution in [3.63, 3.8) is 0 Å². The lowest BCUT2D eigenvalue weighted by Gasteiger charge is -2.10. The average Bonchev–Trinajstić information content (AvgIpc) is 2.37. The summed E-state index contributed by atoms with van der Waals surface area (Å²) >= 11 is 0. The van der Waals surface area contributed by atoms with E-state index in [1.54, 1.807) is 0 Å². The first-order chi connectivity index (χ1) is 5.33. The van der Waals surface area contributed by atoms with E-state index in [-0.39, 0.29) is 0 Å². The minimum atomic E-state index is 0.394. The number of rotatable bonds is 3. The zero-order valence-corrected chi connectivity index (χ0v) is 7.05. The third kappa shape index (κ3) is 2.85. The van der Waals surface area contributed by atoms with E-state index in [0.717, 1.165) is 25.9 Å². The topological polar surface area (TPSA) is 20.3 Å². The molecule has 0 N–H and O–H groups in total. The summed E-state index contributed by atoms with van der Waals surface area (Å²) in [6.07, 6.45) is 6.03. The average molecular weight is 153 g/mol. The van der Waals surface area contributed by atoms with Crippen LogP contribution >= 0.6 is 0 Å². The molecule has 0 saturated carbocycles. The van der Waals surface area contributed by atoms with Crippen LogP contribution in [0.5, 0.6) is 0 Å². The molecule has 1 heterocycles. The number of ketones is 1. The van der Waals surface area contributed by atoms with Gasteiger partial charge in [0.15, 0.2) is 0 Å². The van der Waals surface area contributed by atoms with Crippen molar-refractivity contribution in [2.45, 2.75) is 19.8 Å². The molecule has 1 fully saturated rings. The van der Waals surface area contributed by atoms with Gasteiger partial charge in [0.1, 0.15) is 5.78 Å². The normalized spacial score (nSPS) is 20.3. The van der Waals surface area contributed by atoms with E-state index in [1.165, 1.54) is 0 Å². The van der Waals surface area contributed by atoms with Gasteiger partial charge in [-0.05, 0) is 13.3 Å². The SMILES string of the molecule is C/C=C/CCN1CCC(=O)C1. The smallest absolute Gasteiger partial charge is 0.148 e. The lowest BCUT2D eigenvalue weighted by atomic mass is 10.3. The number of hydrogen-bond donors (Lipinski definition) is 0. The quantitative estimate of drug-likeness (QED) is 0.568. The summed E-state index contributed by atoms with van der Waals surface area (Å²) in [7, 11) is 0. The molecular weight excluding hydrogens is 138 g/mol. The van der Waals surface area contributed by atoms with Crippen molar-refractivity contribution in [3.8, 4) is 0 Å². The van der Waals surface area contributed by atoms with E-state index in [0.29, 0.717) is 12.3 Å². The third-order valence-electron chi connectivity index (χ3n) is 1.95. The molecule has 1 rings (SSSR count). The molecule has 0 aromatic carbocycles. The Morgan fingerprint density at radius 2 is 2.45 bits per heavy atom. The zero-order chi connectivity index (χ0) is 8.10. The summed E-state index contributed by atoms with van der Waals surface area (Å²) in [6.45, 7) is 4.71. The van der Waals surface area contributed by atoms with Crippen LogP contribution in [0.25, 0.3) is 0 Å². The third-order valence-corrected chi connectivity index (χ3v) is 1.95. The van der Waals surface area contributed by atoms with Crippen LogP contribution in [-0.2, 0) is 4.79 Å². The Hall–Kier alpha value is -0.630. The van der Waals surface area contributed by atoms with Crippen LogP contribution < -0.4 is 0 Å². The summed E-state index contributed by atoms with van der Waals surface area (Å²) in [5.41, 5.74) is 0. The Kier molecular flexibility index (Phi) is 3.30. The van der Waals surface area contributed by atoms with Crippen molar-refractivity contribution in [3.05, 3.63) is 12.2 Å². The van der Waals surface area contributed by atoms with Gasteiger partial charge < -0.3 is 0 Å². The van der Waals surface area contributed by atoms with Gasteiger partial charge in [0.2, 0.25) is 0 Å². The predicted molar refractivity (Wildman–Crippen MR) is 45.5 cm³/mol. The second-order valence-electron chi connectivity index (χ2n) is 2.92. The summed E-state index contributed by atoms with van der Waals surface area (Å²) in [5.74, 6) is 0.394. The molecule has 62 valence electrons. The molecule has 0 aromatic rings. The molecule has 0 bridgehead atoms.